The standard InChI is InChI=1S/C68H114O6/c1-4-7-10-13-16-19-22-24-26-28-30-32-34-36-38-40-42-44-46-49-52-55-58-61-67(70)73-64-65(63-72-66(69)60-57-54-51-48-21-18-15-12-9-6-3)74-68(71)62-59-56-53-50-47-45-43-41-39-37-35-33-31-29-27-25-23-20-17-14-11-8-5-2/h7,10,12,15-16,19,24,26,29-32,36,38,42,44,49,52,65H,4-6,8-9,11,13-14,17-18,20-23,25,27-28,33-35,37,39-41,43,45-48,50-51,53-64H2,1-3H3/b10-7-,15-12-,19-16-,26-24-,31-29-,32-30-,38-36-,44-42-,52-49-. The second-order valence-corrected chi connectivity index (χ2v) is 20.2. The van der Waals surface area contributed by atoms with Gasteiger partial charge < -0.3 is 14.2 Å². The van der Waals surface area contributed by atoms with Gasteiger partial charge in [-0.25, -0.2) is 0 Å². The lowest BCUT2D eigenvalue weighted by Gasteiger charge is -2.18. The van der Waals surface area contributed by atoms with Crippen LogP contribution in [0.15, 0.2) is 109 Å². The molecule has 0 bridgehead atoms. The molecule has 6 nitrogen and oxygen atoms in total. The van der Waals surface area contributed by atoms with Crippen molar-refractivity contribution in [3.05, 3.63) is 109 Å². The summed E-state index contributed by atoms with van der Waals surface area (Å²) in [5.41, 5.74) is 0. The van der Waals surface area contributed by atoms with Gasteiger partial charge in [-0.2, -0.15) is 0 Å². The summed E-state index contributed by atoms with van der Waals surface area (Å²) >= 11 is 0. The molecule has 0 aliphatic heterocycles. The molecule has 1 unspecified atom stereocenters. The first-order valence-corrected chi connectivity index (χ1v) is 30.9. The van der Waals surface area contributed by atoms with Crippen LogP contribution >= 0.6 is 0 Å². The van der Waals surface area contributed by atoms with Gasteiger partial charge >= 0.3 is 17.9 Å². The van der Waals surface area contributed by atoms with Crippen LogP contribution in [0.5, 0.6) is 0 Å². The smallest absolute Gasteiger partial charge is 0.306 e. The van der Waals surface area contributed by atoms with Gasteiger partial charge in [0.15, 0.2) is 6.10 Å². The Morgan fingerprint density at radius 3 is 0.946 bits per heavy atom. The van der Waals surface area contributed by atoms with E-state index in [0.717, 1.165) is 109 Å². The molecule has 1 atom stereocenters. The van der Waals surface area contributed by atoms with Crippen LogP contribution in [0.3, 0.4) is 0 Å². The quantitative estimate of drug-likeness (QED) is 0.0261. The lowest BCUT2D eigenvalue weighted by Crippen LogP contribution is -2.30. The van der Waals surface area contributed by atoms with Gasteiger partial charge in [-0.15, -0.1) is 0 Å². The van der Waals surface area contributed by atoms with Crippen LogP contribution in [0, 0.1) is 0 Å². The van der Waals surface area contributed by atoms with E-state index in [1.54, 1.807) is 0 Å². The summed E-state index contributed by atoms with van der Waals surface area (Å²) in [6.07, 6.45) is 83.9. The van der Waals surface area contributed by atoms with E-state index in [2.05, 4.69) is 130 Å². The fourth-order valence-electron chi connectivity index (χ4n) is 8.37. The maximum absolute atomic E-state index is 12.9. The van der Waals surface area contributed by atoms with Crippen molar-refractivity contribution in [2.24, 2.45) is 0 Å². The number of hydrogen-bond donors (Lipinski definition) is 0. The Hall–Kier alpha value is -3.93. The van der Waals surface area contributed by atoms with Crippen LogP contribution in [0.25, 0.3) is 0 Å². The third-order valence-corrected chi connectivity index (χ3v) is 13.0. The number of carbonyl (C=O) groups is 3. The molecule has 0 aliphatic carbocycles. The highest BCUT2D eigenvalue weighted by Gasteiger charge is 2.19. The molecular weight excluding hydrogens is 913 g/mol. The van der Waals surface area contributed by atoms with Crippen LogP contribution < -0.4 is 0 Å². The minimum atomic E-state index is -0.807. The average molecular weight is 1030 g/mol. The van der Waals surface area contributed by atoms with Crippen molar-refractivity contribution in [1.82, 2.24) is 0 Å². The van der Waals surface area contributed by atoms with Crippen molar-refractivity contribution in [1.29, 1.82) is 0 Å². The molecule has 422 valence electrons. The molecule has 0 rings (SSSR count). The molecular formula is C68H114O6. The molecule has 0 aromatic rings. The van der Waals surface area contributed by atoms with Crippen molar-refractivity contribution in [2.75, 3.05) is 13.2 Å². The highest BCUT2D eigenvalue weighted by atomic mass is 16.6. The predicted octanol–water partition coefficient (Wildman–Crippen LogP) is 21.0. The molecule has 0 aromatic heterocycles. The molecule has 0 radical (unpaired) electrons. The van der Waals surface area contributed by atoms with Gasteiger partial charge in [-0.05, 0) is 116 Å². The number of unbranched alkanes of at least 4 members (excludes halogenated alkanes) is 26. The third kappa shape index (κ3) is 59.0. The predicted molar refractivity (Wildman–Crippen MR) is 320 cm³/mol. The molecule has 74 heavy (non-hydrogen) atoms. The van der Waals surface area contributed by atoms with Crippen molar-refractivity contribution in [2.45, 2.75) is 290 Å². The molecule has 0 fully saturated rings. The van der Waals surface area contributed by atoms with E-state index >= 15 is 0 Å². The molecule has 6 heteroatoms. The second kappa shape index (κ2) is 61.6. The summed E-state index contributed by atoms with van der Waals surface area (Å²) in [4.78, 5) is 38.1. The Morgan fingerprint density at radius 1 is 0.284 bits per heavy atom. The van der Waals surface area contributed by atoms with Crippen LogP contribution in [-0.2, 0) is 28.6 Å². The van der Waals surface area contributed by atoms with Gasteiger partial charge in [0.05, 0.1) is 0 Å². The number of allylic oxidation sites excluding steroid dienone is 18. The number of rotatable bonds is 55. The summed E-state index contributed by atoms with van der Waals surface area (Å²) in [6.45, 7) is 6.42. The van der Waals surface area contributed by atoms with E-state index in [1.807, 2.05) is 0 Å². The Kier molecular flexibility index (Phi) is 58.3. The second-order valence-electron chi connectivity index (χ2n) is 20.2. The average Bonchev–Trinajstić information content (AvgIpc) is 3.40. The molecule has 0 heterocycles. The Balaban J connectivity index is 4.37. The van der Waals surface area contributed by atoms with E-state index in [0.29, 0.717) is 19.3 Å². The lowest BCUT2D eigenvalue weighted by molar-refractivity contribution is -0.167. The van der Waals surface area contributed by atoms with E-state index in [4.69, 9.17) is 14.2 Å². The van der Waals surface area contributed by atoms with Gasteiger partial charge in [0, 0.05) is 19.3 Å². The zero-order chi connectivity index (χ0) is 53.6. The molecule has 0 saturated heterocycles. The van der Waals surface area contributed by atoms with Crippen molar-refractivity contribution < 1.29 is 28.6 Å². The lowest BCUT2D eigenvalue weighted by atomic mass is 10.0. The first-order valence-electron chi connectivity index (χ1n) is 30.9. The number of hydrogen-bond acceptors (Lipinski definition) is 6. The summed E-state index contributed by atoms with van der Waals surface area (Å²) in [5.74, 6) is -0.971. The SMILES string of the molecule is CC/C=C\C/C=C\C/C=C\C/C=C\C/C=C\C/C=C\C/C=C\CCCC(=O)OCC(COC(=O)CCCCCCC/C=C\CCC)OC(=O)CCCCCCCCCCCCC/C=C\CCCCCCCCCC. The fourth-order valence-corrected chi connectivity index (χ4v) is 8.37. The highest BCUT2D eigenvalue weighted by Crippen LogP contribution is 2.15. The Bertz CT molecular complexity index is 1510. The largest absolute Gasteiger partial charge is 0.462 e. The van der Waals surface area contributed by atoms with Gasteiger partial charge in [-0.1, -0.05) is 259 Å². The maximum atomic E-state index is 12.9. The molecule has 0 N–H and O–H groups in total. The van der Waals surface area contributed by atoms with Gasteiger partial charge in [0.25, 0.3) is 0 Å². The van der Waals surface area contributed by atoms with E-state index in [-0.39, 0.29) is 37.5 Å². The van der Waals surface area contributed by atoms with E-state index < -0.39 is 6.10 Å². The van der Waals surface area contributed by atoms with Gasteiger partial charge in [-0.3, -0.25) is 14.4 Å². The Morgan fingerprint density at radius 2 is 0.568 bits per heavy atom. The van der Waals surface area contributed by atoms with Crippen LogP contribution in [0.4, 0.5) is 0 Å². The minimum absolute atomic E-state index is 0.101. The molecule has 0 aliphatic rings. The fraction of sp³-hybridized carbons (Fsp3) is 0.691. The van der Waals surface area contributed by atoms with Crippen molar-refractivity contribution in [3.63, 3.8) is 0 Å². The summed E-state index contributed by atoms with van der Waals surface area (Å²) in [6, 6.07) is 0. The molecule has 0 saturated carbocycles. The highest BCUT2D eigenvalue weighted by molar-refractivity contribution is 5.71. The van der Waals surface area contributed by atoms with Crippen LogP contribution in [-0.4, -0.2) is 37.2 Å². The number of ether oxygens (including phenoxy) is 3. The van der Waals surface area contributed by atoms with Crippen molar-refractivity contribution in [3.8, 4) is 0 Å². The summed E-state index contributed by atoms with van der Waals surface area (Å²) in [5, 5.41) is 0. The molecule has 0 spiro atoms. The van der Waals surface area contributed by atoms with Gasteiger partial charge in [0.1, 0.15) is 13.2 Å². The molecule has 0 aromatic carbocycles. The summed E-state index contributed by atoms with van der Waals surface area (Å²) in [7, 11) is 0. The summed E-state index contributed by atoms with van der Waals surface area (Å²) < 4.78 is 16.8. The van der Waals surface area contributed by atoms with E-state index in [1.165, 1.54) is 128 Å². The van der Waals surface area contributed by atoms with Gasteiger partial charge in [0.2, 0.25) is 0 Å². The Labute approximate surface area is 457 Å². The van der Waals surface area contributed by atoms with Crippen molar-refractivity contribution >= 4 is 17.9 Å². The van der Waals surface area contributed by atoms with Crippen LogP contribution in [0.2, 0.25) is 0 Å². The third-order valence-electron chi connectivity index (χ3n) is 13.0. The monoisotopic (exact) mass is 1030 g/mol. The first-order chi connectivity index (χ1) is 36.5. The number of carbonyl (C=O) groups excluding carboxylic acids is 3. The first kappa shape index (κ1) is 70.1. The molecule has 0 amide bonds. The van der Waals surface area contributed by atoms with E-state index in [9.17, 15) is 14.4 Å². The van der Waals surface area contributed by atoms with Crippen LogP contribution in [0.1, 0.15) is 284 Å². The maximum Gasteiger partial charge on any atom is 0.306 e. The minimum Gasteiger partial charge on any atom is -0.462 e. The normalized spacial score (nSPS) is 12.9. The topological polar surface area (TPSA) is 78.9 Å². The zero-order valence-electron chi connectivity index (χ0n) is 48.3. The zero-order valence-corrected chi connectivity index (χ0v) is 48.3. The number of esters is 3.